The minimum atomic E-state index is -4.32. The summed E-state index contributed by atoms with van der Waals surface area (Å²) in [5.41, 5.74) is 0.889. The predicted octanol–water partition coefficient (Wildman–Crippen LogP) is 3.71. The molecular weight excluding hydrogens is 272 g/mol. The van der Waals surface area contributed by atoms with Crippen LogP contribution in [0, 0.1) is 5.82 Å². The highest BCUT2D eigenvalue weighted by atomic mass is 19.4. The monoisotopic (exact) mass is 292 g/mol. The lowest BCUT2D eigenvalue weighted by molar-refractivity contribution is -0.120. The highest BCUT2D eigenvalue weighted by Crippen LogP contribution is 2.26. The number of anilines is 1. The fourth-order valence-electron chi connectivity index (χ4n) is 1.94. The minimum absolute atomic E-state index is 0.255. The molecule has 0 bridgehead atoms. The molecule has 0 unspecified atom stereocenters. The zero-order valence-electron chi connectivity index (χ0n) is 11.9. The van der Waals surface area contributed by atoms with Gasteiger partial charge in [0.05, 0.1) is 0 Å². The van der Waals surface area contributed by atoms with E-state index in [9.17, 15) is 17.6 Å². The van der Waals surface area contributed by atoms with E-state index in [1.165, 1.54) is 6.07 Å². The highest BCUT2D eigenvalue weighted by molar-refractivity contribution is 5.50. The van der Waals surface area contributed by atoms with E-state index in [1.54, 1.807) is 19.9 Å². The van der Waals surface area contributed by atoms with Crippen LogP contribution in [0.5, 0.6) is 0 Å². The van der Waals surface area contributed by atoms with Crippen LogP contribution in [0.4, 0.5) is 23.2 Å². The minimum Gasteiger partial charge on any atom is -0.360 e. The lowest BCUT2D eigenvalue weighted by Gasteiger charge is -2.30. The van der Waals surface area contributed by atoms with Gasteiger partial charge in [0.2, 0.25) is 0 Å². The Morgan fingerprint density at radius 1 is 1.20 bits per heavy atom. The third-order valence-corrected chi connectivity index (χ3v) is 2.83. The Labute approximate surface area is 116 Å². The maximum atomic E-state index is 13.6. The molecule has 0 aromatic heterocycles. The van der Waals surface area contributed by atoms with Gasteiger partial charge in [-0.1, -0.05) is 6.92 Å². The van der Waals surface area contributed by atoms with Gasteiger partial charge in [-0.3, -0.25) is 0 Å². The highest BCUT2D eigenvalue weighted by Gasteiger charge is 2.32. The molecule has 0 aliphatic carbocycles. The van der Waals surface area contributed by atoms with Crippen molar-refractivity contribution in [1.82, 2.24) is 5.32 Å². The van der Waals surface area contributed by atoms with Crippen LogP contribution in [-0.2, 0) is 6.54 Å². The molecule has 0 amide bonds. The van der Waals surface area contributed by atoms with Crippen molar-refractivity contribution in [3.63, 3.8) is 0 Å². The summed E-state index contributed by atoms with van der Waals surface area (Å²) < 4.78 is 51.4. The second-order valence-corrected chi connectivity index (χ2v) is 4.93. The van der Waals surface area contributed by atoms with Gasteiger partial charge in [-0.2, -0.15) is 13.2 Å². The van der Waals surface area contributed by atoms with Gasteiger partial charge >= 0.3 is 6.18 Å². The number of halogens is 4. The van der Waals surface area contributed by atoms with E-state index in [-0.39, 0.29) is 11.7 Å². The molecule has 0 saturated carbocycles. The second-order valence-electron chi connectivity index (χ2n) is 4.93. The van der Waals surface area contributed by atoms with E-state index in [0.29, 0.717) is 18.7 Å². The second kappa shape index (κ2) is 6.92. The van der Waals surface area contributed by atoms with Gasteiger partial charge in [0.1, 0.15) is 12.4 Å². The number of alkyl halides is 3. The van der Waals surface area contributed by atoms with Crippen LogP contribution in [0.1, 0.15) is 26.3 Å². The van der Waals surface area contributed by atoms with E-state index in [4.69, 9.17) is 0 Å². The molecule has 2 nitrogen and oxygen atoms in total. The lowest BCUT2D eigenvalue weighted by Crippen LogP contribution is -2.39. The normalized spacial score (nSPS) is 12.0. The summed E-state index contributed by atoms with van der Waals surface area (Å²) in [6, 6.07) is 3.70. The molecule has 0 spiro atoms. The Balaban J connectivity index is 3.03. The van der Waals surface area contributed by atoms with Gasteiger partial charge < -0.3 is 10.2 Å². The van der Waals surface area contributed by atoms with Crippen LogP contribution in [-0.4, -0.2) is 25.3 Å². The first-order valence-corrected chi connectivity index (χ1v) is 6.56. The Hall–Kier alpha value is -1.30. The molecule has 20 heavy (non-hydrogen) atoms. The van der Waals surface area contributed by atoms with Gasteiger partial charge in [0, 0.05) is 18.3 Å². The number of nitrogens with zero attached hydrogens (tertiary/aromatic N) is 1. The molecule has 0 fully saturated rings. The van der Waals surface area contributed by atoms with Gasteiger partial charge in [0.25, 0.3) is 0 Å². The largest absolute Gasteiger partial charge is 0.405 e. The van der Waals surface area contributed by atoms with Crippen LogP contribution in [0.2, 0.25) is 0 Å². The van der Waals surface area contributed by atoms with Crippen molar-refractivity contribution in [2.45, 2.75) is 39.5 Å². The van der Waals surface area contributed by atoms with E-state index in [0.717, 1.165) is 11.0 Å². The zero-order valence-corrected chi connectivity index (χ0v) is 11.9. The Bertz CT molecular complexity index is 430. The summed E-state index contributed by atoms with van der Waals surface area (Å²) in [5, 5.41) is 3.03. The first kappa shape index (κ1) is 16.8. The van der Waals surface area contributed by atoms with Crippen LogP contribution < -0.4 is 10.2 Å². The van der Waals surface area contributed by atoms with Crippen molar-refractivity contribution in [2.24, 2.45) is 0 Å². The van der Waals surface area contributed by atoms with Crippen molar-refractivity contribution in [3.8, 4) is 0 Å². The molecular formula is C14H20F4N2. The molecule has 0 saturated heterocycles. The summed E-state index contributed by atoms with van der Waals surface area (Å²) in [6.07, 6.45) is -4.32. The maximum Gasteiger partial charge on any atom is 0.405 e. The molecule has 1 N–H and O–H groups in total. The summed E-state index contributed by atoms with van der Waals surface area (Å²) in [5.74, 6) is -0.525. The number of nitrogens with one attached hydrogen (secondary N) is 1. The topological polar surface area (TPSA) is 15.3 Å². The molecule has 1 aromatic carbocycles. The third-order valence-electron chi connectivity index (χ3n) is 2.83. The van der Waals surface area contributed by atoms with Crippen molar-refractivity contribution < 1.29 is 17.6 Å². The Morgan fingerprint density at radius 3 is 2.35 bits per heavy atom. The van der Waals surface area contributed by atoms with Crippen molar-refractivity contribution in [2.75, 3.05) is 18.0 Å². The van der Waals surface area contributed by atoms with E-state index < -0.39 is 18.5 Å². The zero-order chi connectivity index (χ0) is 15.3. The fourth-order valence-corrected chi connectivity index (χ4v) is 1.94. The predicted molar refractivity (Wildman–Crippen MR) is 72.3 cm³/mol. The van der Waals surface area contributed by atoms with Gasteiger partial charge in [0.15, 0.2) is 0 Å². The van der Waals surface area contributed by atoms with Gasteiger partial charge in [-0.15, -0.1) is 0 Å². The maximum absolute atomic E-state index is 13.6. The third kappa shape index (κ3) is 5.36. The Morgan fingerprint density at radius 2 is 1.85 bits per heavy atom. The van der Waals surface area contributed by atoms with E-state index in [1.807, 2.05) is 6.92 Å². The molecule has 1 aromatic rings. The summed E-state index contributed by atoms with van der Waals surface area (Å²) in [7, 11) is 0. The van der Waals surface area contributed by atoms with Crippen molar-refractivity contribution in [1.29, 1.82) is 0 Å². The number of hydrogen-bond acceptors (Lipinski definition) is 2. The number of rotatable bonds is 6. The molecule has 0 radical (unpaired) electrons. The van der Waals surface area contributed by atoms with Crippen LogP contribution in [0.25, 0.3) is 0 Å². The SMILES string of the molecule is CCNCc1cc(F)cc(N(CC(F)(F)F)C(C)C)c1. The average Bonchev–Trinajstić information content (AvgIpc) is 2.31. The number of benzene rings is 1. The quantitative estimate of drug-likeness (QED) is 0.804. The standard InChI is InChI=1S/C14H20F4N2/c1-4-19-8-11-5-12(15)7-13(6-11)20(10(2)3)9-14(16,17)18/h5-7,10,19H,4,8-9H2,1-3H3. The molecule has 114 valence electrons. The molecule has 0 aliphatic heterocycles. The van der Waals surface area contributed by atoms with Crippen molar-refractivity contribution >= 4 is 5.69 Å². The number of hydrogen-bond donors (Lipinski definition) is 1. The van der Waals surface area contributed by atoms with Crippen LogP contribution in [0.3, 0.4) is 0 Å². The first-order chi connectivity index (χ1) is 9.23. The summed E-state index contributed by atoms with van der Waals surface area (Å²) in [4.78, 5) is 1.15. The first-order valence-electron chi connectivity index (χ1n) is 6.56. The molecule has 6 heteroatoms. The summed E-state index contributed by atoms with van der Waals surface area (Å²) in [6.45, 7) is 5.27. The fraction of sp³-hybridized carbons (Fsp3) is 0.571. The molecule has 0 atom stereocenters. The average molecular weight is 292 g/mol. The van der Waals surface area contributed by atoms with Gasteiger partial charge in [-0.25, -0.2) is 4.39 Å². The molecule has 1 rings (SSSR count). The lowest BCUT2D eigenvalue weighted by atomic mass is 10.1. The molecule has 0 heterocycles. The smallest absolute Gasteiger partial charge is 0.360 e. The van der Waals surface area contributed by atoms with E-state index in [2.05, 4.69) is 5.32 Å². The van der Waals surface area contributed by atoms with Gasteiger partial charge in [-0.05, 0) is 44.2 Å². The van der Waals surface area contributed by atoms with Crippen LogP contribution >= 0.6 is 0 Å². The van der Waals surface area contributed by atoms with E-state index >= 15 is 0 Å². The summed E-state index contributed by atoms with van der Waals surface area (Å²) >= 11 is 0. The molecule has 0 aliphatic rings. The van der Waals surface area contributed by atoms with Crippen LogP contribution in [0.15, 0.2) is 18.2 Å². The van der Waals surface area contributed by atoms with Crippen molar-refractivity contribution in [3.05, 3.63) is 29.6 Å². The Kier molecular flexibility index (Phi) is 5.80.